The van der Waals surface area contributed by atoms with E-state index in [0.717, 1.165) is 19.4 Å². The lowest BCUT2D eigenvalue weighted by molar-refractivity contribution is -0.0256. The monoisotopic (exact) mass is 226 g/mol. The maximum absolute atomic E-state index is 10.5. The minimum absolute atomic E-state index is 0.337. The normalized spacial score (nSPS) is 24.1. The fraction of sp³-hybridized carbons (Fsp3) is 0.700. The first-order chi connectivity index (χ1) is 7.69. The molecule has 0 atom stereocenters. The molecule has 0 radical (unpaired) electrons. The molecule has 0 spiro atoms. The molecule has 16 heavy (non-hydrogen) atoms. The van der Waals surface area contributed by atoms with Crippen LogP contribution in [0.5, 0.6) is 0 Å². The standard InChI is InChI=1S/C10H14N2O4/c1-2-15-7-3-6(4-7)5-8-11-12-9(16-8)10(13)14/h6-7H,2-5H2,1H3,(H,13,14). The Balaban J connectivity index is 1.80. The van der Waals surface area contributed by atoms with Gasteiger partial charge in [-0.1, -0.05) is 0 Å². The van der Waals surface area contributed by atoms with Crippen molar-refractivity contribution in [1.82, 2.24) is 10.2 Å². The van der Waals surface area contributed by atoms with Crippen molar-refractivity contribution in [3.8, 4) is 0 Å². The van der Waals surface area contributed by atoms with Gasteiger partial charge >= 0.3 is 11.9 Å². The van der Waals surface area contributed by atoms with Crippen LogP contribution in [-0.4, -0.2) is 34.0 Å². The first-order valence-corrected chi connectivity index (χ1v) is 5.36. The summed E-state index contributed by atoms with van der Waals surface area (Å²) in [7, 11) is 0. The molecule has 6 nitrogen and oxygen atoms in total. The van der Waals surface area contributed by atoms with Crippen LogP contribution in [0.25, 0.3) is 0 Å². The number of carboxylic acid groups (broad SMARTS) is 1. The number of carbonyl (C=O) groups is 1. The topological polar surface area (TPSA) is 85.5 Å². The van der Waals surface area contributed by atoms with Gasteiger partial charge in [-0.3, -0.25) is 0 Å². The lowest BCUT2D eigenvalue weighted by atomic mass is 9.80. The third-order valence-corrected chi connectivity index (χ3v) is 2.71. The highest BCUT2D eigenvalue weighted by Crippen LogP contribution is 2.32. The predicted octanol–water partition coefficient (Wildman–Crippen LogP) is 1.13. The average molecular weight is 226 g/mol. The van der Waals surface area contributed by atoms with E-state index in [1.807, 2.05) is 6.92 Å². The summed E-state index contributed by atoms with van der Waals surface area (Å²) in [6, 6.07) is 0. The predicted molar refractivity (Wildman–Crippen MR) is 53.1 cm³/mol. The Morgan fingerprint density at radius 3 is 2.88 bits per heavy atom. The molecule has 1 aromatic rings. The number of nitrogens with zero attached hydrogens (tertiary/aromatic N) is 2. The van der Waals surface area contributed by atoms with E-state index in [-0.39, 0.29) is 5.89 Å². The number of aromatic nitrogens is 2. The Bertz CT molecular complexity index is 371. The molecule has 1 aliphatic carbocycles. The van der Waals surface area contributed by atoms with Gasteiger partial charge in [0.05, 0.1) is 6.10 Å². The number of aromatic carboxylic acids is 1. The second-order valence-corrected chi connectivity index (χ2v) is 3.93. The second kappa shape index (κ2) is 4.61. The largest absolute Gasteiger partial charge is 0.474 e. The van der Waals surface area contributed by atoms with Gasteiger partial charge in [0, 0.05) is 13.0 Å². The van der Waals surface area contributed by atoms with Gasteiger partial charge in [0.25, 0.3) is 0 Å². The third-order valence-electron chi connectivity index (χ3n) is 2.71. The molecule has 1 aromatic heterocycles. The van der Waals surface area contributed by atoms with Crippen LogP contribution in [0, 0.1) is 5.92 Å². The summed E-state index contributed by atoms with van der Waals surface area (Å²) in [6.07, 6.45) is 2.96. The summed E-state index contributed by atoms with van der Waals surface area (Å²) in [6.45, 7) is 2.71. The lowest BCUT2D eigenvalue weighted by Crippen LogP contribution is -2.32. The SMILES string of the molecule is CCOC1CC(Cc2nnc(C(=O)O)o2)C1. The minimum atomic E-state index is -1.18. The van der Waals surface area contributed by atoms with E-state index in [1.165, 1.54) is 0 Å². The van der Waals surface area contributed by atoms with E-state index in [0.29, 0.717) is 24.3 Å². The Morgan fingerprint density at radius 2 is 2.31 bits per heavy atom. The molecule has 0 bridgehead atoms. The van der Waals surface area contributed by atoms with E-state index in [2.05, 4.69) is 10.2 Å². The maximum Gasteiger partial charge on any atom is 0.393 e. The zero-order chi connectivity index (χ0) is 11.5. The summed E-state index contributed by atoms with van der Waals surface area (Å²) < 4.78 is 10.4. The summed E-state index contributed by atoms with van der Waals surface area (Å²) in [5.74, 6) is -0.647. The van der Waals surface area contributed by atoms with Crippen LogP contribution in [0.2, 0.25) is 0 Å². The van der Waals surface area contributed by atoms with Gasteiger partial charge in [-0.2, -0.15) is 0 Å². The van der Waals surface area contributed by atoms with Crippen molar-refractivity contribution >= 4 is 5.97 Å². The molecule has 1 N–H and O–H groups in total. The smallest absolute Gasteiger partial charge is 0.393 e. The van der Waals surface area contributed by atoms with Gasteiger partial charge in [-0.25, -0.2) is 4.79 Å². The quantitative estimate of drug-likeness (QED) is 0.809. The van der Waals surface area contributed by atoms with E-state index in [9.17, 15) is 4.79 Å². The molecule has 0 aliphatic heterocycles. The highest BCUT2D eigenvalue weighted by Gasteiger charge is 2.31. The average Bonchev–Trinajstić information content (AvgIpc) is 2.63. The van der Waals surface area contributed by atoms with Crippen LogP contribution in [0.4, 0.5) is 0 Å². The number of hydrogen-bond donors (Lipinski definition) is 1. The van der Waals surface area contributed by atoms with Crippen molar-refractivity contribution in [3.63, 3.8) is 0 Å². The van der Waals surface area contributed by atoms with Crippen molar-refractivity contribution in [2.75, 3.05) is 6.61 Å². The third kappa shape index (κ3) is 2.38. The van der Waals surface area contributed by atoms with E-state index < -0.39 is 5.97 Å². The zero-order valence-corrected chi connectivity index (χ0v) is 9.05. The molecular weight excluding hydrogens is 212 g/mol. The maximum atomic E-state index is 10.5. The molecule has 0 unspecified atom stereocenters. The van der Waals surface area contributed by atoms with Crippen molar-refractivity contribution in [2.45, 2.75) is 32.3 Å². The number of ether oxygens (including phenoxy) is 1. The summed E-state index contributed by atoms with van der Waals surface area (Å²) >= 11 is 0. The van der Waals surface area contributed by atoms with Crippen LogP contribution in [-0.2, 0) is 11.2 Å². The molecule has 1 fully saturated rings. The van der Waals surface area contributed by atoms with Crippen LogP contribution >= 0.6 is 0 Å². The van der Waals surface area contributed by atoms with Gasteiger partial charge in [0.15, 0.2) is 0 Å². The van der Waals surface area contributed by atoms with E-state index in [4.69, 9.17) is 14.3 Å². The highest BCUT2D eigenvalue weighted by molar-refractivity contribution is 5.81. The van der Waals surface area contributed by atoms with Crippen LogP contribution < -0.4 is 0 Å². The fourth-order valence-electron chi connectivity index (χ4n) is 1.88. The van der Waals surface area contributed by atoms with Gasteiger partial charge in [0.2, 0.25) is 5.89 Å². The molecule has 2 rings (SSSR count). The molecule has 1 saturated carbocycles. The van der Waals surface area contributed by atoms with Crippen molar-refractivity contribution in [2.24, 2.45) is 5.92 Å². The Morgan fingerprint density at radius 1 is 1.56 bits per heavy atom. The summed E-state index contributed by atoms with van der Waals surface area (Å²) in [4.78, 5) is 10.5. The van der Waals surface area contributed by atoms with Crippen LogP contribution in [0.15, 0.2) is 4.42 Å². The Kier molecular flexibility index (Phi) is 3.19. The molecule has 1 aliphatic rings. The first kappa shape index (κ1) is 11.1. The molecular formula is C10H14N2O4. The summed E-state index contributed by atoms with van der Waals surface area (Å²) in [5.41, 5.74) is 0. The number of carboxylic acids is 1. The Labute approximate surface area is 92.6 Å². The minimum Gasteiger partial charge on any atom is -0.474 e. The zero-order valence-electron chi connectivity index (χ0n) is 9.05. The number of rotatable bonds is 5. The fourth-order valence-corrected chi connectivity index (χ4v) is 1.88. The lowest BCUT2D eigenvalue weighted by Gasteiger charge is -2.33. The molecule has 0 saturated heterocycles. The second-order valence-electron chi connectivity index (χ2n) is 3.93. The molecule has 1 heterocycles. The van der Waals surface area contributed by atoms with Crippen molar-refractivity contribution in [3.05, 3.63) is 11.8 Å². The van der Waals surface area contributed by atoms with Gasteiger partial charge in [-0.05, 0) is 25.7 Å². The molecule has 0 aromatic carbocycles. The van der Waals surface area contributed by atoms with Crippen LogP contribution in [0.1, 0.15) is 36.3 Å². The van der Waals surface area contributed by atoms with Gasteiger partial charge < -0.3 is 14.3 Å². The molecule has 6 heteroatoms. The molecule has 0 amide bonds. The number of hydrogen-bond acceptors (Lipinski definition) is 5. The van der Waals surface area contributed by atoms with Crippen molar-refractivity contribution < 1.29 is 19.1 Å². The highest BCUT2D eigenvalue weighted by atomic mass is 16.5. The molecule has 88 valence electrons. The van der Waals surface area contributed by atoms with Gasteiger partial charge in [0.1, 0.15) is 0 Å². The van der Waals surface area contributed by atoms with Crippen LogP contribution in [0.3, 0.4) is 0 Å². The summed E-state index contributed by atoms with van der Waals surface area (Å²) in [5, 5.41) is 15.7. The first-order valence-electron chi connectivity index (χ1n) is 5.36. The van der Waals surface area contributed by atoms with E-state index >= 15 is 0 Å². The van der Waals surface area contributed by atoms with Crippen molar-refractivity contribution in [1.29, 1.82) is 0 Å². The Hall–Kier alpha value is -1.43. The van der Waals surface area contributed by atoms with Gasteiger partial charge in [-0.15, -0.1) is 10.2 Å². The van der Waals surface area contributed by atoms with E-state index in [1.54, 1.807) is 0 Å².